The van der Waals surface area contributed by atoms with Gasteiger partial charge >= 0.3 is 5.97 Å². The van der Waals surface area contributed by atoms with Crippen LogP contribution in [0, 0.1) is 0 Å². The first-order valence-electron chi connectivity index (χ1n) is 8.37. The summed E-state index contributed by atoms with van der Waals surface area (Å²) < 4.78 is 20.1. The molecule has 13 heteroatoms. The standard InChI is InChI=1S/C15H24O13/c16-1-5(18)3-25-4-7-8(20)9(21)10(22)15(26-7)28-13-11(23)12(6(19)2-17)27-14(13)24/h5-10,12,15-23H,1-4H2/t5?,6-,7+,8+,9-,10+,12+,15?/m0/s1. The average molecular weight is 412 g/mol. The van der Waals surface area contributed by atoms with E-state index in [1.54, 1.807) is 0 Å². The number of carbonyl (C=O) groups is 1. The van der Waals surface area contributed by atoms with E-state index in [9.17, 15) is 35.4 Å². The summed E-state index contributed by atoms with van der Waals surface area (Å²) in [6.45, 7) is -2.05. The lowest BCUT2D eigenvalue weighted by atomic mass is 9.99. The summed E-state index contributed by atoms with van der Waals surface area (Å²) in [5, 5.41) is 76.2. The molecule has 0 radical (unpaired) electrons. The number of hydrogen-bond donors (Lipinski definition) is 8. The first-order chi connectivity index (χ1) is 13.2. The van der Waals surface area contributed by atoms with Crippen molar-refractivity contribution in [1.82, 2.24) is 0 Å². The topological polar surface area (TPSA) is 216 Å². The molecular weight excluding hydrogens is 388 g/mol. The molecule has 0 aromatic rings. The molecule has 28 heavy (non-hydrogen) atoms. The van der Waals surface area contributed by atoms with Crippen LogP contribution in [0.4, 0.5) is 0 Å². The van der Waals surface area contributed by atoms with Crippen molar-refractivity contribution in [3.63, 3.8) is 0 Å². The summed E-state index contributed by atoms with van der Waals surface area (Å²) in [4.78, 5) is 11.8. The van der Waals surface area contributed by atoms with Gasteiger partial charge in [-0.1, -0.05) is 0 Å². The molecule has 0 aromatic carbocycles. The van der Waals surface area contributed by atoms with Gasteiger partial charge in [0.15, 0.2) is 11.9 Å². The molecule has 2 unspecified atom stereocenters. The molecule has 162 valence electrons. The van der Waals surface area contributed by atoms with Crippen LogP contribution in [0.5, 0.6) is 0 Å². The second-order valence-corrected chi connectivity index (χ2v) is 6.30. The molecule has 2 aliphatic rings. The predicted octanol–water partition coefficient (Wildman–Crippen LogP) is -4.77. The monoisotopic (exact) mass is 412 g/mol. The highest BCUT2D eigenvalue weighted by atomic mass is 16.7. The molecule has 2 aliphatic heterocycles. The Morgan fingerprint density at radius 3 is 2.32 bits per heavy atom. The normalized spacial score (nSPS) is 35.6. The molecule has 0 spiro atoms. The van der Waals surface area contributed by atoms with Crippen LogP contribution in [0.3, 0.4) is 0 Å². The Hall–Kier alpha value is -1.55. The SMILES string of the molecule is O=C1O[C@H]([C@@H](O)CO)C(O)=C1OC1O[C@H](COCC(O)CO)[C@@H](O)[C@H](O)[C@H]1O. The van der Waals surface area contributed by atoms with Crippen LogP contribution in [0.25, 0.3) is 0 Å². The minimum absolute atomic E-state index is 0.299. The lowest BCUT2D eigenvalue weighted by Gasteiger charge is -2.40. The zero-order valence-electron chi connectivity index (χ0n) is 14.6. The number of hydrogen-bond acceptors (Lipinski definition) is 13. The van der Waals surface area contributed by atoms with Crippen LogP contribution >= 0.6 is 0 Å². The number of aliphatic hydroxyl groups excluding tert-OH is 8. The minimum atomic E-state index is -1.83. The van der Waals surface area contributed by atoms with E-state index in [1.165, 1.54) is 0 Å². The predicted molar refractivity (Wildman–Crippen MR) is 84.3 cm³/mol. The maximum atomic E-state index is 11.8. The van der Waals surface area contributed by atoms with Crippen LogP contribution in [0.15, 0.2) is 11.5 Å². The maximum absolute atomic E-state index is 11.8. The van der Waals surface area contributed by atoms with E-state index in [1.807, 2.05) is 0 Å². The van der Waals surface area contributed by atoms with Crippen molar-refractivity contribution in [2.45, 2.75) is 49.0 Å². The van der Waals surface area contributed by atoms with Crippen molar-refractivity contribution in [1.29, 1.82) is 0 Å². The van der Waals surface area contributed by atoms with Crippen molar-refractivity contribution >= 4 is 5.97 Å². The van der Waals surface area contributed by atoms with E-state index in [0.717, 1.165) is 0 Å². The van der Waals surface area contributed by atoms with E-state index in [4.69, 9.17) is 24.4 Å². The molecule has 1 fully saturated rings. The van der Waals surface area contributed by atoms with Crippen LogP contribution in [0.2, 0.25) is 0 Å². The highest BCUT2D eigenvalue weighted by molar-refractivity contribution is 5.89. The lowest BCUT2D eigenvalue weighted by Crippen LogP contribution is -2.59. The van der Waals surface area contributed by atoms with Gasteiger partial charge in [0, 0.05) is 0 Å². The number of rotatable bonds is 9. The second-order valence-electron chi connectivity index (χ2n) is 6.30. The van der Waals surface area contributed by atoms with Crippen molar-refractivity contribution in [2.75, 3.05) is 26.4 Å². The largest absolute Gasteiger partial charge is 0.505 e. The van der Waals surface area contributed by atoms with Crippen LogP contribution in [-0.4, -0.2) is 122 Å². The van der Waals surface area contributed by atoms with E-state index in [-0.39, 0.29) is 13.2 Å². The van der Waals surface area contributed by atoms with E-state index < -0.39 is 79.7 Å². The Balaban J connectivity index is 2.07. The summed E-state index contributed by atoms with van der Waals surface area (Å²) in [5.74, 6) is -2.85. The van der Waals surface area contributed by atoms with Gasteiger partial charge in [-0.25, -0.2) is 4.79 Å². The van der Waals surface area contributed by atoms with E-state index in [2.05, 4.69) is 4.74 Å². The Labute approximate surface area is 158 Å². The second kappa shape index (κ2) is 9.78. The zero-order valence-corrected chi connectivity index (χ0v) is 14.6. The van der Waals surface area contributed by atoms with Crippen molar-refractivity contribution in [3.05, 3.63) is 11.5 Å². The number of esters is 1. The van der Waals surface area contributed by atoms with Gasteiger partial charge in [-0.15, -0.1) is 0 Å². The fourth-order valence-electron chi connectivity index (χ4n) is 2.56. The quantitative estimate of drug-likeness (QED) is 0.167. The molecule has 0 bridgehead atoms. The summed E-state index contributed by atoms with van der Waals surface area (Å²) in [6.07, 6.45) is -12.6. The number of aliphatic hydroxyl groups is 8. The fraction of sp³-hybridized carbons (Fsp3) is 0.800. The molecule has 0 aliphatic carbocycles. The molecule has 0 aromatic heterocycles. The van der Waals surface area contributed by atoms with Gasteiger partial charge in [0.2, 0.25) is 12.0 Å². The third-order valence-corrected chi connectivity index (χ3v) is 4.16. The van der Waals surface area contributed by atoms with E-state index in [0.29, 0.717) is 0 Å². The Bertz CT molecular complexity index is 566. The van der Waals surface area contributed by atoms with Gasteiger partial charge in [-0.05, 0) is 0 Å². The van der Waals surface area contributed by atoms with Gasteiger partial charge in [-0.3, -0.25) is 0 Å². The Morgan fingerprint density at radius 1 is 1.04 bits per heavy atom. The molecule has 2 heterocycles. The smallest absolute Gasteiger partial charge is 0.378 e. The lowest BCUT2D eigenvalue weighted by molar-refractivity contribution is -0.294. The highest BCUT2D eigenvalue weighted by Crippen LogP contribution is 2.29. The van der Waals surface area contributed by atoms with Crippen LogP contribution in [0.1, 0.15) is 0 Å². The minimum Gasteiger partial charge on any atom is -0.505 e. The van der Waals surface area contributed by atoms with Gasteiger partial charge < -0.3 is 59.8 Å². The maximum Gasteiger partial charge on any atom is 0.378 e. The number of ether oxygens (including phenoxy) is 4. The molecular formula is C15H24O13. The van der Waals surface area contributed by atoms with Crippen molar-refractivity contribution < 1.29 is 64.6 Å². The number of carbonyl (C=O) groups excluding carboxylic acids is 1. The highest BCUT2D eigenvalue weighted by Gasteiger charge is 2.48. The Kier molecular flexibility index (Phi) is 7.94. The van der Waals surface area contributed by atoms with Gasteiger partial charge in [0.05, 0.1) is 26.4 Å². The van der Waals surface area contributed by atoms with Gasteiger partial charge in [0.1, 0.15) is 36.6 Å². The van der Waals surface area contributed by atoms with E-state index >= 15 is 0 Å². The van der Waals surface area contributed by atoms with Crippen molar-refractivity contribution in [2.24, 2.45) is 0 Å². The molecule has 13 nitrogen and oxygen atoms in total. The molecule has 8 atom stereocenters. The molecule has 0 amide bonds. The number of cyclic esters (lactones) is 1. The van der Waals surface area contributed by atoms with Crippen molar-refractivity contribution in [3.8, 4) is 0 Å². The first-order valence-corrected chi connectivity index (χ1v) is 8.37. The summed E-state index contributed by atoms with van der Waals surface area (Å²) in [7, 11) is 0. The van der Waals surface area contributed by atoms with Gasteiger partial charge in [-0.2, -0.15) is 0 Å². The first kappa shape index (κ1) is 22.7. The third kappa shape index (κ3) is 4.89. The molecule has 1 saturated heterocycles. The summed E-state index contributed by atoms with van der Waals surface area (Å²) >= 11 is 0. The van der Waals surface area contributed by atoms with Gasteiger partial charge in [0.25, 0.3) is 0 Å². The third-order valence-electron chi connectivity index (χ3n) is 4.16. The Morgan fingerprint density at radius 2 is 1.71 bits per heavy atom. The fourth-order valence-corrected chi connectivity index (χ4v) is 2.56. The average Bonchev–Trinajstić information content (AvgIpc) is 2.96. The summed E-state index contributed by atoms with van der Waals surface area (Å²) in [5.41, 5.74) is 0. The summed E-state index contributed by atoms with van der Waals surface area (Å²) in [6, 6.07) is 0. The molecule has 0 saturated carbocycles. The molecule has 8 N–H and O–H groups in total. The zero-order chi connectivity index (χ0) is 21.0. The van der Waals surface area contributed by atoms with Crippen LogP contribution in [-0.2, 0) is 23.7 Å². The molecule has 2 rings (SSSR count). The van der Waals surface area contributed by atoms with Crippen LogP contribution < -0.4 is 0 Å².